The van der Waals surface area contributed by atoms with Crippen molar-refractivity contribution in [2.45, 2.75) is 19.5 Å². The Morgan fingerprint density at radius 1 is 1.47 bits per heavy atom. The van der Waals surface area contributed by atoms with Crippen molar-refractivity contribution in [3.8, 4) is 0 Å². The standard InChI is InChI=1S/C12H15N5O2/c1-8(12(18)19)17-11-5-10(15-7-16-11)14-6-9-3-2-4-13-9/h2-5,7-8,13H,6H2,1H3,(H,18,19)(H2,14,15,16,17). The third-order valence-corrected chi connectivity index (χ3v) is 2.52. The van der Waals surface area contributed by atoms with E-state index in [-0.39, 0.29) is 0 Å². The largest absolute Gasteiger partial charge is 0.480 e. The average molecular weight is 261 g/mol. The molecule has 0 saturated heterocycles. The van der Waals surface area contributed by atoms with Crippen LogP contribution in [0.3, 0.4) is 0 Å². The van der Waals surface area contributed by atoms with Gasteiger partial charge in [0.1, 0.15) is 24.0 Å². The summed E-state index contributed by atoms with van der Waals surface area (Å²) in [5, 5.41) is 14.7. The molecule has 0 radical (unpaired) electrons. The number of carboxylic acid groups (broad SMARTS) is 1. The Balaban J connectivity index is 1.96. The molecule has 7 nitrogen and oxygen atoms in total. The molecule has 2 aromatic rings. The minimum atomic E-state index is -0.931. The van der Waals surface area contributed by atoms with Gasteiger partial charge >= 0.3 is 5.97 Å². The molecular weight excluding hydrogens is 246 g/mol. The highest BCUT2D eigenvalue weighted by Gasteiger charge is 2.11. The first-order valence-electron chi connectivity index (χ1n) is 5.82. The van der Waals surface area contributed by atoms with E-state index in [2.05, 4.69) is 25.6 Å². The molecule has 2 rings (SSSR count). The van der Waals surface area contributed by atoms with Crippen LogP contribution < -0.4 is 10.6 Å². The molecule has 1 unspecified atom stereocenters. The molecule has 0 fully saturated rings. The summed E-state index contributed by atoms with van der Waals surface area (Å²) in [5.74, 6) is 0.170. The van der Waals surface area contributed by atoms with Crippen LogP contribution in [0.25, 0.3) is 0 Å². The average Bonchev–Trinajstić information content (AvgIpc) is 2.90. The fourth-order valence-electron chi connectivity index (χ4n) is 1.48. The smallest absolute Gasteiger partial charge is 0.325 e. The van der Waals surface area contributed by atoms with Crippen molar-refractivity contribution in [1.29, 1.82) is 0 Å². The number of nitrogens with zero attached hydrogens (tertiary/aromatic N) is 2. The number of rotatable bonds is 6. The number of carbonyl (C=O) groups is 1. The van der Waals surface area contributed by atoms with Crippen LogP contribution in [0.2, 0.25) is 0 Å². The molecule has 19 heavy (non-hydrogen) atoms. The van der Waals surface area contributed by atoms with E-state index in [0.717, 1.165) is 5.69 Å². The number of aromatic amines is 1. The van der Waals surface area contributed by atoms with Crippen molar-refractivity contribution in [3.05, 3.63) is 36.4 Å². The molecule has 2 heterocycles. The zero-order chi connectivity index (χ0) is 13.7. The van der Waals surface area contributed by atoms with E-state index in [1.165, 1.54) is 6.33 Å². The summed E-state index contributed by atoms with van der Waals surface area (Å²) in [6, 6.07) is 4.84. The van der Waals surface area contributed by atoms with Crippen molar-refractivity contribution < 1.29 is 9.90 Å². The van der Waals surface area contributed by atoms with Crippen LogP contribution in [0.15, 0.2) is 30.7 Å². The number of anilines is 2. The Bertz CT molecular complexity index is 541. The van der Waals surface area contributed by atoms with Gasteiger partial charge in [-0.25, -0.2) is 9.97 Å². The highest BCUT2D eigenvalue weighted by molar-refractivity contribution is 5.76. The van der Waals surface area contributed by atoms with Crippen molar-refractivity contribution in [2.75, 3.05) is 10.6 Å². The molecule has 0 aliphatic carbocycles. The van der Waals surface area contributed by atoms with Gasteiger partial charge < -0.3 is 20.7 Å². The van der Waals surface area contributed by atoms with Gasteiger partial charge in [-0.05, 0) is 19.1 Å². The van der Waals surface area contributed by atoms with Crippen LogP contribution in [0.4, 0.5) is 11.6 Å². The van der Waals surface area contributed by atoms with Crippen molar-refractivity contribution in [3.63, 3.8) is 0 Å². The Labute approximate surface area is 110 Å². The monoisotopic (exact) mass is 261 g/mol. The molecule has 0 spiro atoms. The summed E-state index contributed by atoms with van der Waals surface area (Å²) in [4.78, 5) is 21.9. The lowest BCUT2D eigenvalue weighted by Crippen LogP contribution is -2.25. The molecule has 0 aliphatic heterocycles. The number of carboxylic acids is 1. The zero-order valence-corrected chi connectivity index (χ0v) is 10.4. The Kier molecular flexibility index (Phi) is 3.97. The summed E-state index contributed by atoms with van der Waals surface area (Å²) >= 11 is 0. The lowest BCUT2D eigenvalue weighted by Gasteiger charge is -2.10. The molecule has 0 amide bonds. The van der Waals surface area contributed by atoms with Gasteiger partial charge in [0.05, 0.1) is 6.54 Å². The van der Waals surface area contributed by atoms with E-state index in [1.54, 1.807) is 13.0 Å². The second-order valence-electron chi connectivity index (χ2n) is 4.04. The van der Waals surface area contributed by atoms with Gasteiger partial charge in [-0.15, -0.1) is 0 Å². The first-order valence-corrected chi connectivity index (χ1v) is 5.82. The predicted octanol–water partition coefficient (Wildman–Crippen LogP) is 1.30. The molecule has 0 bridgehead atoms. The van der Waals surface area contributed by atoms with Crippen molar-refractivity contribution in [2.24, 2.45) is 0 Å². The number of hydrogen-bond acceptors (Lipinski definition) is 5. The zero-order valence-electron chi connectivity index (χ0n) is 10.4. The maximum atomic E-state index is 10.7. The van der Waals surface area contributed by atoms with Crippen LogP contribution in [-0.4, -0.2) is 32.1 Å². The number of H-pyrrole nitrogens is 1. The highest BCUT2D eigenvalue weighted by Crippen LogP contribution is 2.10. The first-order chi connectivity index (χ1) is 9.15. The van der Waals surface area contributed by atoms with Crippen LogP contribution in [-0.2, 0) is 11.3 Å². The molecule has 0 saturated carbocycles. The topological polar surface area (TPSA) is 103 Å². The molecule has 2 aromatic heterocycles. The maximum absolute atomic E-state index is 10.7. The lowest BCUT2D eigenvalue weighted by molar-refractivity contribution is -0.137. The summed E-state index contributed by atoms with van der Waals surface area (Å²) in [7, 11) is 0. The molecule has 0 aromatic carbocycles. The third-order valence-electron chi connectivity index (χ3n) is 2.52. The van der Waals surface area contributed by atoms with Crippen LogP contribution in [0, 0.1) is 0 Å². The molecule has 1 atom stereocenters. The molecule has 100 valence electrons. The highest BCUT2D eigenvalue weighted by atomic mass is 16.4. The van der Waals surface area contributed by atoms with E-state index in [1.807, 2.05) is 18.3 Å². The van der Waals surface area contributed by atoms with Crippen molar-refractivity contribution >= 4 is 17.6 Å². The predicted molar refractivity (Wildman–Crippen MR) is 70.9 cm³/mol. The Morgan fingerprint density at radius 3 is 2.95 bits per heavy atom. The van der Waals surface area contributed by atoms with Crippen LogP contribution in [0.5, 0.6) is 0 Å². The Morgan fingerprint density at radius 2 is 2.26 bits per heavy atom. The number of aliphatic carboxylic acids is 1. The van der Waals surface area contributed by atoms with Crippen LogP contribution >= 0.6 is 0 Å². The lowest BCUT2D eigenvalue weighted by atomic mass is 10.3. The fourth-order valence-corrected chi connectivity index (χ4v) is 1.48. The van der Waals surface area contributed by atoms with Crippen molar-refractivity contribution in [1.82, 2.24) is 15.0 Å². The number of nitrogens with one attached hydrogen (secondary N) is 3. The van der Waals surface area contributed by atoms with E-state index in [9.17, 15) is 4.79 Å². The van der Waals surface area contributed by atoms with Crippen LogP contribution in [0.1, 0.15) is 12.6 Å². The van der Waals surface area contributed by atoms with Gasteiger partial charge in [-0.1, -0.05) is 0 Å². The number of aromatic nitrogens is 3. The van der Waals surface area contributed by atoms with Gasteiger partial charge in [-0.3, -0.25) is 4.79 Å². The molecule has 7 heteroatoms. The SMILES string of the molecule is CC(Nc1cc(NCc2ccc[nH]2)ncn1)C(=O)O. The van der Waals surface area contributed by atoms with E-state index >= 15 is 0 Å². The quantitative estimate of drug-likeness (QED) is 0.625. The van der Waals surface area contributed by atoms with Gasteiger partial charge in [-0.2, -0.15) is 0 Å². The van der Waals surface area contributed by atoms with E-state index < -0.39 is 12.0 Å². The van der Waals surface area contributed by atoms with Gasteiger partial charge in [0, 0.05) is 18.0 Å². The van der Waals surface area contributed by atoms with E-state index in [0.29, 0.717) is 18.2 Å². The normalized spacial score (nSPS) is 11.8. The number of hydrogen-bond donors (Lipinski definition) is 4. The minimum absolute atomic E-state index is 0.471. The Hall–Kier alpha value is -2.57. The molecular formula is C12H15N5O2. The van der Waals surface area contributed by atoms with Gasteiger partial charge in [0.2, 0.25) is 0 Å². The second-order valence-corrected chi connectivity index (χ2v) is 4.04. The van der Waals surface area contributed by atoms with E-state index in [4.69, 9.17) is 5.11 Å². The summed E-state index contributed by atoms with van der Waals surface area (Å²) in [6.07, 6.45) is 3.23. The summed E-state index contributed by atoms with van der Waals surface area (Å²) in [5.41, 5.74) is 1.03. The third kappa shape index (κ3) is 3.70. The first kappa shape index (κ1) is 12.9. The van der Waals surface area contributed by atoms with Gasteiger partial charge in [0.15, 0.2) is 0 Å². The summed E-state index contributed by atoms with van der Waals surface area (Å²) < 4.78 is 0. The second kappa shape index (κ2) is 5.85. The van der Waals surface area contributed by atoms with Gasteiger partial charge in [0.25, 0.3) is 0 Å². The molecule has 4 N–H and O–H groups in total. The molecule has 0 aliphatic rings. The minimum Gasteiger partial charge on any atom is -0.480 e. The fraction of sp³-hybridized carbons (Fsp3) is 0.250. The summed E-state index contributed by atoms with van der Waals surface area (Å²) in [6.45, 7) is 2.16. The maximum Gasteiger partial charge on any atom is 0.325 e.